The molecule has 3 nitrogen and oxygen atoms in total. The van der Waals surface area contributed by atoms with Gasteiger partial charge in [0, 0.05) is 5.56 Å². The number of sulfone groups is 1. The van der Waals surface area contributed by atoms with E-state index in [0.29, 0.717) is 5.56 Å². The fraction of sp³-hybridized carbons (Fsp3) is 0.133. The Kier molecular flexibility index (Phi) is 3.53. The number of ketones is 1. The van der Waals surface area contributed by atoms with Crippen molar-refractivity contribution in [3.8, 4) is 0 Å². The van der Waals surface area contributed by atoms with Crippen LogP contribution in [0.25, 0.3) is 0 Å². The second-order valence-electron chi connectivity index (χ2n) is 4.40. The number of benzene rings is 2. The first kappa shape index (κ1) is 13.5. The van der Waals surface area contributed by atoms with Gasteiger partial charge in [0.15, 0.2) is 5.78 Å². The summed E-state index contributed by atoms with van der Waals surface area (Å²) in [5, 5.41) is 0. The highest BCUT2D eigenvalue weighted by Gasteiger charge is 2.17. The molecule has 0 heterocycles. The predicted molar refractivity (Wildman–Crippen MR) is 73.1 cm³/mol. The van der Waals surface area contributed by atoms with E-state index in [-0.39, 0.29) is 15.6 Å². The van der Waals surface area contributed by atoms with Crippen LogP contribution in [0.1, 0.15) is 22.8 Å². The van der Waals surface area contributed by atoms with Gasteiger partial charge in [-0.1, -0.05) is 24.3 Å². The Balaban J connectivity index is 2.48. The molecule has 0 N–H and O–H groups in total. The van der Waals surface area contributed by atoms with Crippen LogP contribution in [-0.4, -0.2) is 14.2 Å². The molecule has 4 heteroatoms. The summed E-state index contributed by atoms with van der Waals surface area (Å²) < 4.78 is 24.8. The lowest BCUT2D eigenvalue weighted by atomic mass is 10.2. The zero-order valence-electron chi connectivity index (χ0n) is 10.8. The van der Waals surface area contributed by atoms with Crippen molar-refractivity contribution in [3.63, 3.8) is 0 Å². The summed E-state index contributed by atoms with van der Waals surface area (Å²) in [6, 6.07) is 12.8. The van der Waals surface area contributed by atoms with Gasteiger partial charge >= 0.3 is 0 Å². The predicted octanol–water partition coefficient (Wildman–Crippen LogP) is 3.03. The molecule has 0 atom stereocenters. The maximum atomic E-state index is 12.4. The molecule has 2 aromatic carbocycles. The minimum atomic E-state index is -3.52. The largest absolute Gasteiger partial charge is 0.295 e. The second-order valence-corrected chi connectivity index (χ2v) is 6.35. The Labute approximate surface area is 112 Å². The highest BCUT2D eigenvalue weighted by Crippen LogP contribution is 2.21. The molecule has 0 aliphatic carbocycles. The maximum Gasteiger partial charge on any atom is 0.206 e. The Morgan fingerprint density at radius 2 is 1.58 bits per heavy atom. The summed E-state index contributed by atoms with van der Waals surface area (Å²) in [6.07, 6.45) is 0. The molecule has 0 spiro atoms. The molecule has 0 fully saturated rings. The van der Waals surface area contributed by atoms with E-state index >= 15 is 0 Å². The van der Waals surface area contributed by atoms with Crippen LogP contribution in [-0.2, 0) is 9.84 Å². The van der Waals surface area contributed by atoms with Gasteiger partial charge in [-0.05, 0) is 43.7 Å². The van der Waals surface area contributed by atoms with Gasteiger partial charge in [-0.2, -0.15) is 0 Å². The van der Waals surface area contributed by atoms with Crippen LogP contribution >= 0.6 is 0 Å². The van der Waals surface area contributed by atoms with E-state index in [2.05, 4.69) is 0 Å². The molecule has 0 bridgehead atoms. The van der Waals surface area contributed by atoms with E-state index in [1.807, 2.05) is 13.0 Å². The van der Waals surface area contributed by atoms with Crippen LogP contribution in [0.15, 0.2) is 58.3 Å². The van der Waals surface area contributed by atoms with Crippen LogP contribution in [0.2, 0.25) is 0 Å². The quantitative estimate of drug-likeness (QED) is 0.808. The van der Waals surface area contributed by atoms with Gasteiger partial charge in [0.2, 0.25) is 9.84 Å². The molecule has 0 unspecified atom stereocenters. The van der Waals surface area contributed by atoms with E-state index in [0.717, 1.165) is 5.56 Å². The molecule has 0 saturated carbocycles. The fourth-order valence-electron chi connectivity index (χ4n) is 1.79. The minimum Gasteiger partial charge on any atom is -0.295 e. The number of Topliss-reactive ketones (excluding diaryl/α,β-unsaturated/α-hetero) is 1. The molecule has 2 aromatic rings. The molecule has 0 saturated heterocycles. The minimum absolute atomic E-state index is 0.0838. The van der Waals surface area contributed by atoms with Crippen molar-refractivity contribution in [3.05, 3.63) is 59.7 Å². The Bertz CT molecular complexity index is 713. The van der Waals surface area contributed by atoms with Crippen LogP contribution in [0.4, 0.5) is 0 Å². The Hall–Kier alpha value is -1.94. The number of hydrogen-bond donors (Lipinski definition) is 0. The van der Waals surface area contributed by atoms with Crippen molar-refractivity contribution in [2.45, 2.75) is 23.6 Å². The molecule has 19 heavy (non-hydrogen) atoms. The average Bonchev–Trinajstić information content (AvgIpc) is 2.39. The summed E-state index contributed by atoms with van der Waals surface area (Å²) in [4.78, 5) is 11.6. The lowest BCUT2D eigenvalue weighted by molar-refractivity contribution is 0.101. The Morgan fingerprint density at radius 3 is 2.11 bits per heavy atom. The van der Waals surface area contributed by atoms with E-state index in [4.69, 9.17) is 0 Å². The van der Waals surface area contributed by atoms with Gasteiger partial charge in [0.25, 0.3) is 0 Å². The molecule has 0 aromatic heterocycles. The third kappa shape index (κ3) is 2.74. The first-order chi connectivity index (χ1) is 8.91. The molecular formula is C15H14O3S. The third-order valence-corrected chi connectivity index (χ3v) is 4.64. The lowest BCUT2D eigenvalue weighted by Crippen LogP contribution is -2.03. The third-order valence-electron chi connectivity index (χ3n) is 2.87. The highest BCUT2D eigenvalue weighted by molar-refractivity contribution is 7.91. The summed E-state index contributed by atoms with van der Waals surface area (Å²) in [6.45, 7) is 3.29. The van der Waals surface area contributed by atoms with Gasteiger partial charge in [0.05, 0.1) is 9.79 Å². The number of hydrogen-bond acceptors (Lipinski definition) is 3. The smallest absolute Gasteiger partial charge is 0.206 e. The van der Waals surface area contributed by atoms with Gasteiger partial charge in [-0.25, -0.2) is 8.42 Å². The fourth-order valence-corrected chi connectivity index (χ4v) is 3.15. The molecule has 0 amide bonds. The van der Waals surface area contributed by atoms with Crippen molar-refractivity contribution < 1.29 is 13.2 Å². The molecule has 98 valence electrons. The normalized spacial score (nSPS) is 11.3. The first-order valence-electron chi connectivity index (χ1n) is 5.84. The van der Waals surface area contributed by atoms with E-state index < -0.39 is 9.84 Å². The van der Waals surface area contributed by atoms with Gasteiger partial charge in [-0.3, -0.25) is 4.79 Å². The summed E-state index contributed by atoms with van der Waals surface area (Å²) in [5.74, 6) is -0.0838. The SMILES string of the molecule is CC(=O)c1ccc(S(=O)(=O)c2cccc(C)c2)cc1. The summed E-state index contributed by atoms with van der Waals surface area (Å²) in [7, 11) is -3.52. The van der Waals surface area contributed by atoms with Crippen LogP contribution in [0.5, 0.6) is 0 Å². The number of rotatable bonds is 3. The lowest BCUT2D eigenvalue weighted by Gasteiger charge is -2.06. The molecule has 2 rings (SSSR count). The van der Waals surface area contributed by atoms with Crippen molar-refractivity contribution in [2.75, 3.05) is 0 Å². The summed E-state index contributed by atoms with van der Waals surface area (Å²) in [5.41, 5.74) is 1.39. The average molecular weight is 274 g/mol. The monoisotopic (exact) mass is 274 g/mol. The maximum absolute atomic E-state index is 12.4. The van der Waals surface area contributed by atoms with Crippen molar-refractivity contribution in [1.29, 1.82) is 0 Å². The first-order valence-corrected chi connectivity index (χ1v) is 7.32. The van der Waals surface area contributed by atoms with Crippen molar-refractivity contribution >= 4 is 15.6 Å². The molecule has 0 aliphatic heterocycles. The molecule has 0 aliphatic rings. The van der Waals surface area contributed by atoms with Gasteiger partial charge in [-0.15, -0.1) is 0 Å². The van der Waals surface area contributed by atoms with Crippen molar-refractivity contribution in [1.82, 2.24) is 0 Å². The van der Waals surface area contributed by atoms with Crippen LogP contribution in [0, 0.1) is 6.92 Å². The van der Waals surface area contributed by atoms with Crippen molar-refractivity contribution in [2.24, 2.45) is 0 Å². The zero-order chi connectivity index (χ0) is 14.0. The highest BCUT2D eigenvalue weighted by atomic mass is 32.2. The number of carbonyl (C=O) groups excluding carboxylic acids is 1. The molecule has 0 radical (unpaired) electrons. The Morgan fingerprint density at radius 1 is 0.947 bits per heavy atom. The number of carbonyl (C=O) groups is 1. The van der Waals surface area contributed by atoms with Gasteiger partial charge < -0.3 is 0 Å². The topological polar surface area (TPSA) is 51.2 Å². The van der Waals surface area contributed by atoms with Gasteiger partial charge in [0.1, 0.15) is 0 Å². The summed E-state index contributed by atoms with van der Waals surface area (Å²) >= 11 is 0. The molecular weight excluding hydrogens is 260 g/mol. The zero-order valence-corrected chi connectivity index (χ0v) is 11.6. The standard InChI is InChI=1S/C15H14O3S/c1-11-4-3-5-15(10-11)19(17,18)14-8-6-13(7-9-14)12(2)16/h3-10H,1-2H3. The van der Waals surface area contributed by atoms with Crippen LogP contribution in [0.3, 0.4) is 0 Å². The van der Waals surface area contributed by atoms with E-state index in [1.54, 1.807) is 18.2 Å². The van der Waals surface area contributed by atoms with E-state index in [9.17, 15) is 13.2 Å². The van der Waals surface area contributed by atoms with E-state index in [1.165, 1.54) is 31.2 Å². The second kappa shape index (κ2) is 4.97. The van der Waals surface area contributed by atoms with Crippen LogP contribution < -0.4 is 0 Å². The number of aryl methyl sites for hydroxylation is 1.